The van der Waals surface area contributed by atoms with E-state index < -0.39 is 0 Å². The summed E-state index contributed by atoms with van der Waals surface area (Å²) in [5.74, 6) is 2.22. The minimum atomic E-state index is 0.256. The topological polar surface area (TPSA) is 39.7 Å². The second-order valence-corrected chi connectivity index (χ2v) is 5.17. The van der Waals surface area contributed by atoms with Crippen molar-refractivity contribution in [3.05, 3.63) is 23.8 Å². The van der Waals surface area contributed by atoms with Gasteiger partial charge < -0.3 is 19.5 Å². The van der Waals surface area contributed by atoms with Crippen LogP contribution in [-0.4, -0.2) is 33.5 Å². The number of nitrogens with one attached hydrogen (secondary N) is 1. The van der Waals surface area contributed by atoms with Gasteiger partial charge in [0.2, 0.25) is 0 Å². The van der Waals surface area contributed by atoms with Crippen LogP contribution in [-0.2, 0) is 4.74 Å². The van der Waals surface area contributed by atoms with Crippen molar-refractivity contribution in [2.45, 2.75) is 26.3 Å². The molecule has 1 N–H and O–H groups in total. The highest BCUT2D eigenvalue weighted by atomic mass is 16.6. The molecule has 4 heteroatoms. The smallest absolute Gasteiger partial charge is 0.166 e. The number of para-hydroxylation sites is 1. The van der Waals surface area contributed by atoms with E-state index in [-0.39, 0.29) is 6.04 Å². The van der Waals surface area contributed by atoms with Crippen LogP contribution in [0.1, 0.15) is 31.9 Å². The van der Waals surface area contributed by atoms with Crippen LogP contribution in [0, 0.1) is 5.92 Å². The summed E-state index contributed by atoms with van der Waals surface area (Å²) >= 11 is 0. The Kier molecular flexibility index (Phi) is 5.68. The lowest BCUT2D eigenvalue weighted by atomic mass is 9.91. The van der Waals surface area contributed by atoms with Gasteiger partial charge in [-0.1, -0.05) is 26.0 Å². The summed E-state index contributed by atoms with van der Waals surface area (Å²) < 4.78 is 16.7. The predicted octanol–water partition coefficient (Wildman–Crippen LogP) is 2.78. The maximum atomic E-state index is 5.84. The Morgan fingerprint density at radius 2 is 2.10 bits per heavy atom. The standard InChI is InChI=1S/C16H25NO3/c1-4-17-15(12(2)8-9-18-3)13-6-5-7-14-16(13)20-11-10-19-14/h5-7,12,15,17H,4,8-11H2,1-3H3. The first-order valence-electron chi connectivity index (χ1n) is 7.38. The van der Waals surface area contributed by atoms with Crippen molar-refractivity contribution in [1.82, 2.24) is 5.32 Å². The molecule has 0 bridgehead atoms. The zero-order valence-electron chi connectivity index (χ0n) is 12.6. The maximum Gasteiger partial charge on any atom is 0.166 e. The van der Waals surface area contributed by atoms with Gasteiger partial charge in [-0.25, -0.2) is 0 Å². The number of benzene rings is 1. The minimum Gasteiger partial charge on any atom is -0.486 e. The number of methoxy groups -OCH3 is 1. The Morgan fingerprint density at radius 1 is 1.30 bits per heavy atom. The summed E-state index contributed by atoms with van der Waals surface area (Å²) in [5.41, 5.74) is 1.19. The van der Waals surface area contributed by atoms with E-state index in [1.54, 1.807) is 7.11 Å². The zero-order valence-corrected chi connectivity index (χ0v) is 12.6. The third-order valence-electron chi connectivity index (χ3n) is 3.70. The molecule has 1 aliphatic heterocycles. The summed E-state index contributed by atoms with van der Waals surface area (Å²) in [6.07, 6.45) is 1.01. The average Bonchev–Trinajstić information content (AvgIpc) is 2.50. The van der Waals surface area contributed by atoms with E-state index in [9.17, 15) is 0 Å². The molecule has 4 nitrogen and oxygen atoms in total. The summed E-state index contributed by atoms with van der Waals surface area (Å²) in [4.78, 5) is 0. The van der Waals surface area contributed by atoms with Crippen molar-refractivity contribution in [2.24, 2.45) is 5.92 Å². The van der Waals surface area contributed by atoms with Crippen molar-refractivity contribution >= 4 is 0 Å². The molecule has 0 saturated carbocycles. The monoisotopic (exact) mass is 279 g/mol. The van der Waals surface area contributed by atoms with Crippen molar-refractivity contribution in [2.75, 3.05) is 33.5 Å². The molecule has 2 unspecified atom stereocenters. The number of ether oxygens (including phenoxy) is 3. The van der Waals surface area contributed by atoms with Crippen LogP contribution in [0.5, 0.6) is 11.5 Å². The number of fused-ring (bicyclic) bond motifs is 1. The Hall–Kier alpha value is -1.26. The Morgan fingerprint density at radius 3 is 2.85 bits per heavy atom. The first-order valence-corrected chi connectivity index (χ1v) is 7.38. The molecule has 112 valence electrons. The SMILES string of the molecule is CCNC(c1cccc2c1OCCO2)C(C)CCOC. The molecule has 1 aromatic carbocycles. The second-order valence-electron chi connectivity index (χ2n) is 5.17. The fourth-order valence-electron chi connectivity index (χ4n) is 2.65. The molecule has 0 aromatic heterocycles. The predicted molar refractivity (Wildman–Crippen MR) is 79.5 cm³/mol. The van der Waals surface area contributed by atoms with Crippen LogP contribution in [0.4, 0.5) is 0 Å². The summed E-state index contributed by atoms with van der Waals surface area (Å²) in [6, 6.07) is 6.40. The minimum absolute atomic E-state index is 0.256. The van der Waals surface area contributed by atoms with Crippen molar-refractivity contribution in [3.63, 3.8) is 0 Å². The number of hydrogen-bond acceptors (Lipinski definition) is 4. The normalized spacial score (nSPS) is 16.8. The first-order chi connectivity index (χ1) is 9.77. The van der Waals surface area contributed by atoms with Crippen LogP contribution in [0.15, 0.2) is 18.2 Å². The van der Waals surface area contributed by atoms with Crippen LogP contribution in [0.3, 0.4) is 0 Å². The largest absolute Gasteiger partial charge is 0.486 e. The molecule has 0 amide bonds. The Labute approximate surface area is 121 Å². The van der Waals surface area contributed by atoms with Crippen molar-refractivity contribution < 1.29 is 14.2 Å². The van der Waals surface area contributed by atoms with Gasteiger partial charge in [0.15, 0.2) is 11.5 Å². The molecule has 0 saturated heterocycles. The van der Waals surface area contributed by atoms with E-state index in [1.165, 1.54) is 5.56 Å². The van der Waals surface area contributed by atoms with E-state index in [2.05, 4.69) is 25.2 Å². The second kappa shape index (κ2) is 7.50. The van der Waals surface area contributed by atoms with E-state index in [0.717, 1.165) is 31.1 Å². The number of hydrogen-bond donors (Lipinski definition) is 1. The molecular weight excluding hydrogens is 254 g/mol. The van der Waals surface area contributed by atoms with Gasteiger partial charge in [0, 0.05) is 25.3 Å². The van der Waals surface area contributed by atoms with E-state index in [4.69, 9.17) is 14.2 Å². The average molecular weight is 279 g/mol. The Balaban J connectivity index is 2.24. The third-order valence-corrected chi connectivity index (χ3v) is 3.70. The lowest BCUT2D eigenvalue weighted by molar-refractivity contribution is 0.159. The van der Waals surface area contributed by atoms with Crippen LogP contribution >= 0.6 is 0 Å². The van der Waals surface area contributed by atoms with Gasteiger partial charge in [-0.3, -0.25) is 0 Å². The summed E-state index contributed by atoms with van der Waals surface area (Å²) in [5, 5.41) is 3.57. The quantitative estimate of drug-likeness (QED) is 0.833. The fourth-order valence-corrected chi connectivity index (χ4v) is 2.65. The summed E-state index contributed by atoms with van der Waals surface area (Å²) in [6.45, 7) is 7.32. The van der Waals surface area contributed by atoms with Crippen molar-refractivity contribution in [3.8, 4) is 11.5 Å². The van der Waals surface area contributed by atoms with E-state index >= 15 is 0 Å². The van der Waals surface area contributed by atoms with E-state index in [0.29, 0.717) is 19.1 Å². The third kappa shape index (κ3) is 3.44. The first kappa shape index (κ1) is 15.1. The maximum absolute atomic E-state index is 5.84. The molecular formula is C16H25NO3. The molecule has 1 heterocycles. The number of rotatable bonds is 7. The lowest BCUT2D eigenvalue weighted by Crippen LogP contribution is -2.29. The zero-order chi connectivity index (χ0) is 14.4. The highest BCUT2D eigenvalue weighted by molar-refractivity contribution is 5.49. The van der Waals surface area contributed by atoms with Gasteiger partial charge in [0.1, 0.15) is 13.2 Å². The molecule has 0 spiro atoms. The van der Waals surface area contributed by atoms with Crippen LogP contribution in [0.25, 0.3) is 0 Å². The fraction of sp³-hybridized carbons (Fsp3) is 0.625. The molecule has 0 aliphatic carbocycles. The van der Waals surface area contributed by atoms with E-state index in [1.807, 2.05) is 12.1 Å². The summed E-state index contributed by atoms with van der Waals surface area (Å²) in [7, 11) is 1.75. The van der Waals surface area contributed by atoms with Gasteiger partial charge in [-0.2, -0.15) is 0 Å². The van der Waals surface area contributed by atoms with Gasteiger partial charge in [-0.15, -0.1) is 0 Å². The molecule has 1 aromatic rings. The van der Waals surface area contributed by atoms with Gasteiger partial charge in [0.05, 0.1) is 0 Å². The van der Waals surface area contributed by atoms with Gasteiger partial charge in [0.25, 0.3) is 0 Å². The van der Waals surface area contributed by atoms with Gasteiger partial charge in [-0.05, 0) is 24.9 Å². The molecule has 1 aliphatic rings. The molecule has 0 fully saturated rings. The highest BCUT2D eigenvalue weighted by Gasteiger charge is 2.25. The molecule has 2 rings (SSSR count). The Bertz CT molecular complexity index is 422. The van der Waals surface area contributed by atoms with Crippen LogP contribution in [0.2, 0.25) is 0 Å². The highest BCUT2D eigenvalue weighted by Crippen LogP contribution is 2.39. The molecule has 20 heavy (non-hydrogen) atoms. The lowest BCUT2D eigenvalue weighted by Gasteiger charge is -2.29. The van der Waals surface area contributed by atoms with Crippen molar-refractivity contribution in [1.29, 1.82) is 0 Å². The molecule has 0 radical (unpaired) electrons. The molecule has 2 atom stereocenters. The van der Waals surface area contributed by atoms with Gasteiger partial charge >= 0.3 is 0 Å². The van der Waals surface area contributed by atoms with Crippen LogP contribution < -0.4 is 14.8 Å².